The predicted molar refractivity (Wildman–Crippen MR) is 118 cm³/mol. The Bertz CT molecular complexity index is 1080. The molecule has 0 heterocycles. The third-order valence-electron chi connectivity index (χ3n) is 5.08. The molecule has 2 nitrogen and oxygen atoms in total. The van der Waals surface area contributed by atoms with Gasteiger partial charge in [0.05, 0.1) is 0 Å². The van der Waals surface area contributed by atoms with Gasteiger partial charge in [0.25, 0.3) is 0 Å². The Morgan fingerprint density at radius 2 is 0.759 bits per heavy atom. The maximum atomic E-state index is 11.0. The van der Waals surface area contributed by atoms with Crippen LogP contribution in [0.5, 0.6) is 0 Å². The van der Waals surface area contributed by atoms with E-state index in [9.17, 15) is 9.59 Å². The maximum Gasteiger partial charge on any atom is 0.150 e. The van der Waals surface area contributed by atoms with Gasteiger partial charge in [0.1, 0.15) is 12.6 Å². The first-order valence-electron chi connectivity index (χ1n) is 9.49. The highest BCUT2D eigenvalue weighted by molar-refractivity contribution is 5.83. The Hall–Kier alpha value is -3.78. The van der Waals surface area contributed by atoms with E-state index in [-0.39, 0.29) is 0 Å². The molecule has 0 spiro atoms. The SMILES string of the molecule is Cc1ccc(-c2cc(-c3ccc(C=O)cc3)cc(-c3ccc(C=O)cc3)c2)cc1. The Labute approximate surface area is 170 Å². The van der Waals surface area contributed by atoms with Gasteiger partial charge in [-0.25, -0.2) is 0 Å². The van der Waals surface area contributed by atoms with Crippen LogP contribution in [-0.2, 0) is 0 Å². The van der Waals surface area contributed by atoms with E-state index in [1.807, 2.05) is 48.5 Å². The van der Waals surface area contributed by atoms with Crippen molar-refractivity contribution in [3.63, 3.8) is 0 Å². The molecule has 0 unspecified atom stereocenters. The first kappa shape index (κ1) is 18.6. The minimum absolute atomic E-state index is 0.660. The minimum Gasteiger partial charge on any atom is -0.298 e. The first-order valence-corrected chi connectivity index (χ1v) is 9.49. The quantitative estimate of drug-likeness (QED) is 0.367. The lowest BCUT2D eigenvalue weighted by Crippen LogP contribution is -1.88. The third kappa shape index (κ3) is 4.07. The van der Waals surface area contributed by atoms with Crippen molar-refractivity contribution in [3.05, 3.63) is 108 Å². The standard InChI is InChI=1S/C27H20O2/c1-19-2-8-22(9-3-19)25-14-26(23-10-4-20(17-28)5-11-23)16-27(15-25)24-12-6-21(18-29)7-13-24/h2-18H,1H3. The summed E-state index contributed by atoms with van der Waals surface area (Å²) in [6, 6.07) is 30.2. The van der Waals surface area contributed by atoms with E-state index in [4.69, 9.17) is 0 Å². The molecule has 29 heavy (non-hydrogen) atoms. The van der Waals surface area contributed by atoms with Crippen LogP contribution in [0.1, 0.15) is 26.3 Å². The van der Waals surface area contributed by atoms with Crippen LogP contribution in [0.15, 0.2) is 91.0 Å². The average Bonchev–Trinajstić information content (AvgIpc) is 2.79. The lowest BCUT2D eigenvalue weighted by molar-refractivity contribution is 0.111. The molecule has 4 aromatic rings. The molecular formula is C27H20O2. The summed E-state index contributed by atoms with van der Waals surface area (Å²) in [7, 11) is 0. The summed E-state index contributed by atoms with van der Waals surface area (Å²) in [5.74, 6) is 0. The summed E-state index contributed by atoms with van der Waals surface area (Å²) in [4.78, 5) is 22.0. The second-order valence-electron chi connectivity index (χ2n) is 7.14. The van der Waals surface area contributed by atoms with Crippen LogP contribution in [0.3, 0.4) is 0 Å². The predicted octanol–water partition coefficient (Wildman–Crippen LogP) is 6.62. The minimum atomic E-state index is 0.660. The fourth-order valence-corrected chi connectivity index (χ4v) is 3.38. The lowest BCUT2D eigenvalue weighted by Gasteiger charge is -2.12. The summed E-state index contributed by atoms with van der Waals surface area (Å²) in [6.45, 7) is 2.08. The number of carbonyl (C=O) groups excluding carboxylic acids is 2. The third-order valence-corrected chi connectivity index (χ3v) is 5.08. The van der Waals surface area contributed by atoms with Crippen LogP contribution >= 0.6 is 0 Å². The summed E-state index contributed by atoms with van der Waals surface area (Å²) in [5, 5.41) is 0. The van der Waals surface area contributed by atoms with Crippen molar-refractivity contribution in [2.75, 3.05) is 0 Å². The molecule has 0 aliphatic heterocycles. The highest BCUT2D eigenvalue weighted by atomic mass is 16.1. The van der Waals surface area contributed by atoms with E-state index in [1.165, 1.54) is 5.56 Å². The monoisotopic (exact) mass is 376 g/mol. The molecule has 0 aliphatic rings. The van der Waals surface area contributed by atoms with E-state index in [2.05, 4.69) is 49.4 Å². The Morgan fingerprint density at radius 3 is 1.07 bits per heavy atom. The lowest BCUT2D eigenvalue weighted by atomic mass is 9.92. The van der Waals surface area contributed by atoms with Gasteiger partial charge < -0.3 is 0 Å². The van der Waals surface area contributed by atoms with Crippen LogP contribution in [0.25, 0.3) is 33.4 Å². The Kier molecular flexibility index (Phi) is 5.17. The molecule has 0 radical (unpaired) electrons. The number of hydrogen-bond acceptors (Lipinski definition) is 2. The molecule has 4 aromatic carbocycles. The fourth-order valence-electron chi connectivity index (χ4n) is 3.38. The van der Waals surface area contributed by atoms with Crippen molar-refractivity contribution in [2.45, 2.75) is 6.92 Å². The van der Waals surface area contributed by atoms with Crippen molar-refractivity contribution < 1.29 is 9.59 Å². The van der Waals surface area contributed by atoms with Crippen molar-refractivity contribution in [2.24, 2.45) is 0 Å². The molecule has 0 amide bonds. The molecule has 0 saturated heterocycles. The van der Waals surface area contributed by atoms with Crippen LogP contribution in [0.4, 0.5) is 0 Å². The molecule has 2 heteroatoms. The van der Waals surface area contributed by atoms with Crippen molar-refractivity contribution in [3.8, 4) is 33.4 Å². The van der Waals surface area contributed by atoms with Gasteiger partial charge in [-0.05, 0) is 58.5 Å². The molecule has 0 saturated carbocycles. The van der Waals surface area contributed by atoms with E-state index < -0.39 is 0 Å². The molecule has 4 rings (SSSR count). The van der Waals surface area contributed by atoms with E-state index in [0.717, 1.165) is 46.0 Å². The second kappa shape index (κ2) is 8.07. The number of hydrogen-bond donors (Lipinski definition) is 0. The number of benzene rings is 4. The van der Waals surface area contributed by atoms with Gasteiger partial charge in [-0.3, -0.25) is 9.59 Å². The van der Waals surface area contributed by atoms with E-state index in [0.29, 0.717) is 11.1 Å². The highest BCUT2D eigenvalue weighted by Crippen LogP contribution is 2.33. The van der Waals surface area contributed by atoms with Crippen LogP contribution < -0.4 is 0 Å². The summed E-state index contributed by atoms with van der Waals surface area (Å²) >= 11 is 0. The summed E-state index contributed by atoms with van der Waals surface area (Å²) in [6.07, 6.45) is 1.71. The van der Waals surface area contributed by atoms with Crippen molar-refractivity contribution in [1.82, 2.24) is 0 Å². The molecule has 0 bridgehead atoms. The topological polar surface area (TPSA) is 34.1 Å². The number of aldehydes is 2. The molecule has 0 aliphatic carbocycles. The van der Waals surface area contributed by atoms with Crippen LogP contribution in [0, 0.1) is 6.92 Å². The van der Waals surface area contributed by atoms with E-state index in [1.54, 1.807) is 0 Å². The van der Waals surface area contributed by atoms with Crippen LogP contribution in [-0.4, -0.2) is 12.6 Å². The molecule has 0 atom stereocenters. The molecular weight excluding hydrogens is 356 g/mol. The highest BCUT2D eigenvalue weighted by Gasteiger charge is 2.08. The smallest absolute Gasteiger partial charge is 0.150 e. The van der Waals surface area contributed by atoms with Gasteiger partial charge in [-0.2, -0.15) is 0 Å². The zero-order valence-corrected chi connectivity index (χ0v) is 16.1. The zero-order valence-electron chi connectivity index (χ0n) is 16.1. The maximum absolute atomic E-state index is 11.0. The van der Waals surface area contributed by atoms with Crippen molar-refractivity contribution in [1.29, 1.82) is 0 Å². The zero-order chi connectivity index (χ0) is 20.2. The Morgan fingerprint density at radius 1 is 0.448 bits per heavy atom. The van der Waals surface area contributed by atoms with Gasteiger partial charge in [0.2, 0.25) is 0 Å². The molecule has 0 N–H and O–H groups in total. The van der Waals surface area contributed by atoms with Gasteiger partial charge in [-0.15, -0.1) is 0 Å². The van der Waals surface area contributed by atoms with Crippen molar-refractivity contribution >= 4 is 12.6 Å². The summed E-state index contributed by atoms with van der Waals surface area (Å²) < 4.78 is 0. The Balaban J connectivity index is 1.86. The van der Waals surface area contributed by atoms with Gasteiger partial charge in [0.15, 0.2) is 0 Å². The molecule has 0 aromatic heterocycles. The van der Waals surface area contributed by atoms with Crippen LogP contribution in [0.2, 0.25) is 0 Å². The normalized spacial score (nSPS) is 10.5. The van der Waals surface area contributed by atoms with Gasteiger partial charge in [-0.1, -0.05) is 78.4 Å². The summed E-state index contributed by atoms with van der Waals surface area (Å²) in [5.41, 5.74) is 9.07. The fraction of sp³-hybridized carbons (Fsp3) is 0.0370. The molecule has 0 fully saturated rings. The first-order chi connectivity index (χ1) is 14.2. The second-order valence-corrected chi connectivity index (χ2v) is 7.14. The molecule has 140 valence electrons. The van der Waals surface area contributed by atoms with Gasteiger partial charge >= 0.3 is 0 Å². The number of rotatable bonds is 5. The number of aryl methyl sites for hydroxylation is 1. The largest absolute Gasteiger partial charge is 0.298 e. The number of carbonyl (C=O) groups is 2. The van der Waals surface area contributed by atoms with Gasteiger partial charge in [0, 0.05) is 11.1 Å². The van der Waals surface area contributed by atoms with E-state index >= 15 is 0 Å². The average molecular weight is 376 g/mol.